The maximum absolute atomic E-state index is 12.3. The fourth-order valence-electron chi connectivity index (χ4n) is 2.06. The zero-order valence-corrected chi connectivity index (χ0v) is 11.9. The monoisotopic (exact) mass is 292 g/mol. The molecule has 0 fully saturated rings. The highest BCUT2D eigenvalue weighted by Gasteiger charge is 2.18. The van der Waals surface area contributed by atoms with Crippen molar-refractivity contribution >= 4 is 29.3 Å². The summed E-state index contributed by atoms with van der Waals surface area (Å²) >= 11 is 1.35. The minimum atomic E-state index is -0.191. The van der Waals surface area contributed by atoms with Crippen LogP contribution < -0.4 is 10.9 Å². The molecule has 106 valence electrons. The molecule has 0 aliphatic carbocycles. The van der Waals surface area contributed by atoms with Gasteiger partial charge in [0.2, 0.25) is 0 Å². The molecule has 7 heteroatoms. The first-order chi connectivity index (χ1) is 9.77. The van der Waals surface area contributed by atoms with Crippen LogP contribution in [0, 0.1) is 0 Å². The van der Waals surface area contributed by atoms with Gasteiger partial charge in [-0.2, -0.15) is 0 Å². The van der Waals surface area contributed by atoms with E-state index in [1.807, 2.05) is 0 Å². The normalized spacial score (nSPS) is 13.8. The first-order valence-electron chi connectivity index (χ1n) is 6.32. The minimum Gasteiger partial charge on any atom is -0.379 e. The Hall–Kier alpha value is -1.89. The summed E-state index contributed by atoms with van der Waals surface area (Å²) in [7, 11) is 0. The van der Waals surface area contributed by atoms with Crippen LogP contribution in [0.4, 0.5) is 5.69 Å². The molecular formula is C13H16N4O2S. The van der Waals surface area contributed by atoms with Gasteiger partial charge in [0.1, 0.15) is 17.8 Å². The molecule has 0 radical (unpaired) electrons. The van der Waals surface area contributed by atoms with Crippen molar-refractivity contribution < 1.29 is 4.79 Å². The molecule has 0 aromatic carbocycles. The summed E-state index contributed by atoms with van der Waals surface area (Å²) in [5, 5.41) is 4.72. The Labute approximate surface area is 121 Å². The van der Waals surface area contributed by atoms with E-state index in [-0.39, 0.29) is 18.6 Å². The predicted molar refractivity (Wildman–Crippen MR) is 81.4 cm³/mol. The summed E-state index contributed by atoms with van der Waals surface area (Å²) in [6, 6.07) is 0. The van der Waals surface area contributed by atoms with E-state index in [2.05, 4.69) is 21.9 Å². The van der Waals surface area contributed by atoms with Gasteiger partial charge >= 0.3 is 0 Å². The van der Waals surface area contributed by atoms with Crippen LogP contribution in [0.15, 0.2) is 21.8 Å². The van der Waals surface area contributed by atoms with E-state index in [0.29, 0.717) is 17.8 Å². The number of nitrogens with one attached hydrogen (secondary N) is 1. The summed E-state index contributed by atoms with van der Waals surface area (Å²) in [5.74, 6) is 0.519. The maximum Gasteiger partial charge on any atom is 0.277 e. The number of fused-ring (bicyclic) bond motifs is 1. The second kappa shape index (κ2) is 7.04. The number of rotatable bonds is 6. The quantitative estimate of drug-likeness (QED) is 0.484. The van der Waals surface area contributed by atoms with Crippen LogP contribution in [0.3, 0.4) is 0 Å². The van der Waals surface area contributed by atoms with Gasteiger partial charge in [0.15, 0.2) is 0 Å². The van der Waals surface area contributed by atoms with Crippen LogP contribution in [0.1, 0.15) is 17.9 Å². The Morgan fingerprint density at radius 2 is 2.40 bits per heavy atom. The van der Waals surface area contributed by atoms with Crippen LogP contribution in [-0.2, 0) is 24.3 Å². The van der Waals surface area contributed by atoms with Gasteiger partial charge in [-0.15, -0.1) is 0 Å². The number of aliphatic imine (C=N–C) groups is 1. The summed E-state index contributed by atoms with van der Waals surface area (Å²) < 4.78 is 1.38. The number of thioether (sulfide) groups is 1. The van der Waals surface area contributed by atoms with Gasteiger partial charge in [0.25, 0.3) is 5.56 Å². The molecule has 2 rings (SSSR count). The Morgan fingerprint density at radius 3 is 3.15 bits per heavy atom. The van der Waals surface area contributed by atoms with Crippen LogP contribution in [0.2, 0.25) is 0 Å². The first kappa shape index (κ1) is 14.5. The summed E-state index contributed by atoms with van der Waals surface area (Å²) in [5.41, 5.74) is 2.74. The number of hydrogen-bond acceptors (Lipinski definition) is 6. The van der Waals surface area contributed by atoms with Gasteiger partial charge in [-0.3, -0.25) is 14.4 Å². The number of hydrogen-bond donors (Lipinski definition) is 1. The third-order valence-electron chi connectivity index (χ3n) is 2.94. The van der Waals surface area contributed by atoms with Crippen molar-refractivity contribution in [3.05, 3.63) is 33.9 Å². The molecule has 1 N–H and O–H groups in total. The molecule has 0 saturated carbocycles. The van der Waals surface area contributed by atoms with E-state index in [4.69, 9.17) is 0 Å². The molecule has 0 bridgehead atoms. The number of aryl methyl sites for hydroxylation is 1. The second-order valence-electron chi connectivity index (χ2n) is 4.21. The molecule has 0 amide bonds. The van der Waals surface area contributed by atoms with E-state index in [0.717, 1.165) is 25.1 Å². The highest BCUT2D eigenvalue weighted by atomic mass is 32.2. The van der Waals surface area contributed by atoms with Gasteiger partial charge in [-0.25, -0.2) is 4.98 Å². The van der Waals surface area contributed by atoms with Crippen molar-refractivity contribution in [1.82, 2.24) is 9.55 Å². The van der Waals surface area contributed by atoms with Gasteiger partial charge < -0.3 is 10.1 Å². The average Bonchev–Trinajstić information content (AvgIpc) is 2.47. The molecule has 0 saturated heterocycles. The number of carbonyl (C=O) groups is 1. The minimum absolute atomic E-state index is 0.000246. The zero-order chi connectivity index (χ0) is 14.4. The molecule has 1 aliphatic heterocycles. The molecule has 1 aliphatic rings. The molecular weight excluding hydrogens is 276 g/mol. The van der Waals surface area contributed by atoms with Gasteiger partial charge in [0.05, 0.1) is 24.3 Å². The molecule has 2 heterocycles. The Balaban J connectivity index is 2.37. The maximum atomic E-state index is 12.3. The molecule has 20 heavy (non-hydrogen) atoms. The number of anilines is 1. The van der Waals surface area contributed by atoms with E-state index in [1.165, 1.54) is 16.3 Å². The summed E-state index contributed by atoms with van der Waals surface area (Å²) in [6.45, 7) is 4.61. The third-order valence-corrected chi connectivity index (χ3v) is 3.40. The van der Waals surface area contributed by atoms with Crippen molar-refractivity contribution in [2.45, 2.75) is 25.9 Å². The SMILES string of the molecule is C=CSC=NCc1nc2c(c(=O)n1CC=O)NCCC2. The van der Waals surface area contributed by atoms with Gasteiger partial charge in [-0.1, -0.05) is 18.3 Å². The fraction of sp³-hybridized carbons (Fsp3) is 0.385. The summed E-state index contributed by atoms with van der Waals surface area (Å²) in [4.78, 5) is 31.8. The third kappa shape index (κ3) is 3.16. The molecule has 0 atom stereocenters. The van der Waals surface area contributed by atoms with Gasteiger partial charge in [0, 0.05) is 6.54 Å². The van der Waals surface area contributed by atoms with E-state index >= 15 is 0 Å². The molecule has 1 aromatic rings. The van der Waals surface area contributed by atoms with Gasteiger partial charge in [-0.05, 0) is 18.2 Å². The first-order valence-corrected chi connectivity index (χ1v) is 7.27. The van der Waals surface area contributed by atoms with Crippen molar-refractivity contribution in [3.63, 3.8) is 0 Å². The largest absolute Gasteiger partial charge is 0.379 e. The van der Waals surface area contributed by atoms with Crippen LogP contribution in [0.25, 0.3) is 0 Å². The lowest BCUT2D eigenvalue weighted by Crippen LogP contribution is -2.32. The average molecular weight is 292 g/mol. The Bertz CT molecular complexity index is 595. The number of aldehydes is 1. The lowest BCUT2D eigenvalue weighted by Gasteiger charge is -2.19. The highest BCUT2D eigenvalue weighted by molar-refractivity contribution is 8.14. The molecule has 0 unspecified atom stereocenters. The number of carbonyl (C=O) groups excluding carboxylic acids is 1. The van der Waals surface area contributed by atoms with E-state index < -0.39 is 0 Å². The topological polar surface area (TPSA) is 76.3 Å². The standard InChI is InChI=1S/C13H16N4O2S/c1-2-20-9-14-8-11-16-10-4-3-5-15-12(10)13(19)17(11)6-7-18/h2,7,9,15H,1,3-6,8H2. The van der Waals surface area contributed by atoms with Crippen molar-refractivity contribution in [2.24, 2.45) is 4.99 Å². The van der Waals surface area contributed by atoms with E-state index in [9.17, 15) is 9.59 Å². The number of nitrogens with zero attached hydrogens (tertiary/aromatic N) is 3. The molecule has 1 aromatic heterocycles. The smallest absolute Gasteiger partial charge is 0.277 e. The summed E-state index contributed by atoms with van der Waals surface area (Å²) in [6.07, 6.45) is 2.42. The predicted octanol–water partition coefficient (Wildman–Crippen LogP) is 1.21. The van der Waals surface area contributed by atoms with Crippen LogP contribution in [-0.4, -0.2) is 27.9 Å². The lowest BCUT2D eigenvalue weighted by atomic mass is 10.1. The molecule has 6 nitrogen and oxygen atoms in total. The van der Waals surface area contributed by atoms with E-state index in [1.54, 1.807) is 11.0 Å². The highest BCUT2D eigenvalue weighted by Crippen LogP contribution is 2.16. The fourth-order valence-corrected chi connectivity index (χ4v) is 2.31. The molecule has 0 spiro atoms. The number of aromatic nitrogens is 2. The second-order valence-corrected chi connectivity index (χ2v) is 5.03. The Morgan fingerprint density at radius 1 is 1.55 bits per heavy atom. The van der Waals surface area contributed by atoms with Crippen molar-refractivity contribution in [2.75, 3.05) is 11.9 Å². The lowest BCUT2D eigenvalue weighted by molar-refractivity contribution is -0.108. The van der Waals surface area contributed by atoms with Crippen molar-refractivity contribution in [1.29, 1.82) is 0 Å². The van der Waals surface area contributed by atoms with Crippen LogP contribution >= 0.6 is 11.8 Å². The zero-order valence-electron chi connectivity index (χ0n) is 11.0. The van der Waals surface area contributed by atoms with Crippen molar-refractivity contribution in [3.8, 4) is 0 Å². The Kier molecular flexibility index (Phi) is 5.11. The van der Waals surface area contributed by atoms with Crippen LogP contribution in [0.5, 0.6) is 0 Å².